The summed E-state index contributed by atoms with van der Waals surface area (Å²) in [5.74, 6) is -0.618. The summed E-state index contributed by atoms with van der Waals surface area (Å²) in [5.41, 5.74) is 6.20. The third-order valence-electron chi connectivity index (χ3n) is 3.57. The number of nitrogens with two attached hydrogens (primary N) is 1. The van der Waals surface area contributed by atoms with E-state index in [9.17, 15) is 9.18 Å². The van der Waals surface area contributed by atoms with E-state index in [1.807, 2.05) is 6.92 Å². The van der Waals surface area contributed by atoms with Gasteiger partial charge in [0.2, 0.25) is 5.91 Å². The van der Waals surface area contributed by atoms with Gasteiger partial charge in [0, 0.05) is 10.9 Å². The molecule has 3 nitrogen and oxygen atoms in total. The zero-order chi connectivity index (χ0) is 14.5. The van der Waals surface area contributed by atoms with Crippen molar-refractivity contribution in [2.24, 2.45) is 0 Å². The van der Waals surface area contributed by atoms with Gasteiger partial charge in [0.1, 0.15) is 5.82 Å². The van der Waals surface area contributed by atoms with Gasteiger partial charge < -0.3 is 11.1 Å². The quantitative estimate of drug-likeness (QED) is 0.831. The Morgan fingerprint density at radius 3 is 2.80 bits per heavy atom. The van der Waals surface area contributed by atoms with Gasteiger partial charge in [0.25, 0.3) is 0 Å². The second kappa shape index (κ2) is 6.97. The third-order valence-corrected chi connectivity index (χ3v) is 5.04. The molecule has 20 heavy (non-hydrogen) atoms. The molecule has 1 amide bonds. The van der Waals surface area contributed by atoms with E-state index >= 15 is 0 Å². The maximum atomic E-state index is 13.6. The van der Waals surface area contributed by atoms with Crippen LogP contribution in [0.5, 0.6) is 0 Å². The van der Waals surface area contributed by atoms with Crippen molar-refractivity contribution < 1.29 is 9.18 Å². The number of halogens is 1. The third kappa shape index (κ3) is 4.13. The van der Waals surface area contributed by atoms with E-state index in [0.29, 0.717) is 10.9 Å². The first kappa shape index (κ1) is 15.2. The molecule has 1 aliphatic carbocycles. The number of nitrogens with one attached hydrogen (secondary N) is 1. The number of carbonyl (C=O) groups excluding carboxylic acids is 1. The first-order valence-electron chi connectivity index (χ1n) is 7.07. The van der Waals surface area contributed by atoms with Crippen LogP contribution >= 0.6 is 11.8 Å². The normalized spacial score (nSPS) is 17.7. The predicted octanol–water partition coefficient (Wildman–Crippen LogP) is 3.80. The van der Waals surface area contributed by atoms with Crippen LogP contribution < -0.4 is 11.1 Å². The lowest BCUT2D eigenvalue weighted by molar-refractivity contribution is -0.115. The largest absolute Gasteiger partial charge is 0.399 e. The highest BCUT2D eigenvalue weighted by atomic mass is 32.2. The number of hydrogen-bond donors (Lipinski definition) is 2. The van der Waals surface area contributed by atoms with Crippen LogP contribution in [0, 0.1) is 5.82 Å². The number of carbonyl (C=O) groups is 1. The van der Waals surface area contributed by atoms with Crippen molar-refractivity contribution in [1.29, 1.82) is 0 Å². The van der Waals surface area contributed by atoms with Gasteiger partial charge in [-0.2, -0.15) is 0 Å². The summed E-state index contributed by atoms with van der Waals surface area (Å²) >= 11 is 1.69. The van der Waals surface area contributed by atoms with Crippen LogP contribution in [0.3, 0.4) is 0 Å². The smallest absolute Gasteiger partial charge is 0.237 e. The molecule has 5 heteroatoms. The van der Waals surface area contributed by atoms with Gasteiger partial charge in [0.15, 0.2) is 0 Å². The molecule has 0 heterocycles. The zero-order valence-corrected chi connectivity index (χ0v) is 12.5. The minimum absolute atomic E-state index is 0.158. The van der Waals surface area contributed by atoms with Crippen LogP contribution in [-0.2, 0) is 4.79 Å². The number of anilines is 2. The molecule has 0 bridgehead atoms. The first-order valence-corrected chi connectivity index (χ1v) is 8.02. The molecule has 1 atom stereocenters. The summed E-state index contributed by atoms with van der Waals surface area (Å²) in [6, 6.07) is 4.19. The molecule has 0 aliphatic heterocycles. The molecular weight excluding hydrogens is 275 g/mol. The lowest BCUT2D eigenvalue weighted by Crippen LogP contribution is -2.26. The summed E-state index contributed by atoms with van der Waals surface area (Å²) in [6.07, 6.45) is 6.14. The summed E-state index contributed by atoms with van der Waals surface area (Å²) in [5, 5.41) is 3.00. The van der Waals surface area contributed by atoms with E-state index in [-0.39, 0.29) is 16.8 Å². The van der Waals surface area contributed by atoms with Gasteiger partial charge in [0.05, 0.1) is 10.9 Å². The standard InChI is InChI=1S/C15H21FN2OS/c1-10(20-12-5-3-2-4-6-12)15(19)18-14-9-11(17)7-8-13(14)16/h7-10,12H,2-6,17H2,1H3,(H,18,19). The lowest BCUT2D eigenvalue weighted by Gasteiger charge is -2.24. The van der Waals surface area contributed by atoms with Gasteiger partial charge in [-0.15, -0.1) is 11.8 Å². The van der Waals surface area contributed by atoms with E-state index in [1.54, 1.807) is 11.8 Å². The number of amides is 1. The molecular formula is C15H21FN2OS. The van der Waals surface area contributed by atoms with Gasteiger partial charge in [-0.25, -0.2) is 4.39 Å². The maximum absolute atomic E-state index is 13.6. The highest BCUT2D eigenvalue weighted by Gasteiger charge is 2.22. The van der Waals surface area contributed by atoms with Crippen LogP contribution in [0.15, 0.2) is 18.2 Å². The lowest BCUT2D eigenvalue weighted by atomic mass is 10.0. The average molecular weight is 296 g/mol. The van der Waals surface area contributed by atoms with E-state index in [4.69, 9.17) is 5.73 Å². The molecule has 1 aromatic rings. The van der Waals surface area contributed by atoms with Crippen molar-refractivity contribution in [2.45, 2.75) is 49.5 Å². The molecule has 1 fully saturated rings. The predicted molar refractivity (Wildman–Crippen MR) is 83.4 cm³/mol. The summed E-state index contributed by atoms with van der Waals surface area (Å²) in [6.45, 7) is 1.87. The van der Waals surface area contributed by atoms with E-state index in [0.717, 1.165) is 0 Å². The monoisotopic (exact) mass is 296 g/mol. The van der Waals surface area contributed by atoms with Crippen molar-refractivity contribution in [3.8, 4) is 0 Å². The molecule has 0 radical (unpaired) electrons. The van der Waals surface area contributed by atoms with Crippen molar-refractivity contribution in [1.82, 2.24) is 0 Å². The second-order valence-corrected chi connectivity index (χ2v) is 6.91. The minimum atomic E-state index is -0.456. The Labute approximate surface area is 123 Å². The van der Waals surface area contributed by atoms with Crippen LogP contribution in [0.1, 0.15) is 39.0 Å². The fourth-order valence-corrected chi connectivity index (χ4v) is 3.79. The molecule has 1 aromatic carbocycles. The SMILES string of the molecule is CC(SC1CCCCC1)C(=O)Nc1cc(N)ccc1F. The Balaban J connectivity index is 1.91. The Morgan fingerprint density at radius 2 is 2.10 bits per heavy atom. The van der Waals surface area contributed by atoms with Crippen LogP contribution in [0.25, 0.3) is 0 Å². The zero-order valence-electron chi connectivity index (χ0n) is 11.7. The van der Waals surface area contributed by atoms with Crippen LogP contribution in [0.4, 0.5) is 15.8 Å². The molecule has 1 saturated carbocycles. The van der Waals surface area contributed by atoms with E-state index < -0.39 is 5.82 Å². The van der Waals surface area contributed by atoms with E-state index in [1.165, 1.54) is 50.3 Å². The fourth-order valence-electron chi connectivity index (χ4n) is 2.42. The van der Waals surface area contributed by atoms with Gasteiger partial charge in [-0.05, 0) is 38.0 Å². The van der Waals surface area contributed by atoms with Crippen LogP contribution in [-0.4, -0.2) is 16.4 Å². The highest BCUT2D eigenvalue weighted by molar-refractivity contribution is 8.01. The van der Waals surface area contributed by atoms with Crippen molar-refractivity contribution in [2.75, 3.05) is 11.1 Å². The summed E-state index contributed by atoms with van der Waals surface area (Å²) in [4.78, 5) is 12.1. The van der Waals surface area contributed by atoms with Crippen molar-refractivity contribution >= 4 is 29.0 Å². The summed E-state index contributed by atoms with van der Waals surface area (Å²) < 4.78 is 13.6. The molecule has 0 aromatic heterocycles. The molecule has 0 spiro atoms. The first-order chi connectivity index (χ1) is 9.56. The molecule has 0 saturated heterocycles. The van der Waals surface area contributed by atoms with Gasteiger partial charge >= 0.3 is 0 Å². The fraction of sp³-hybridized carbons (Fsp3) is 0.533. The number of nitrogen functional groups attached to an aromatic ring is 1. The Bertz CT molecular complexity index is 475. The van der Waals surface area contributed by atoms with Gasteiger partial charge in [-0.1, -0.05) is 19.3 Å². The molecule has 2 rings (SSSR count). The molecule has 1 unspecified atom stereocenters. The number of thioether (sulfide) groups is 1. The molecule has 1 aliphatic rings. The number of hydrogen-bond acceptors (Lipinski definition) is 3. The van der Waals surface area contributed by atoms with Gasteiger partial charge in [-0.3, -0.25) is 4.79 Å². The van der Waals surface area contributed by atoms with Crippen molar-refractivity contribution in [3.05, 3.63) is 24.0 Å². The topological polar surface area (TPSA) is 55.1 Å². The van der Waals surface area contributed by atoms with Crippen LogP contribution in [0.2, 0.25) is 0 Å². The number of rotatable bonds is 4. The Kier molecular flexibility index (Phi) is 5.29. The average Bonchev–Trinajstić information content (AvgIpc) is 2.44. The Hall–Kier alpha value is -1.23. The maximum Gasteiger partial charge on any atom is 0.237 e. The number of benzene rings is 1. The summed E-state index contributed by atoms with van der Waals surface area (Å²) in [7, 11) is 0. The van der Waals surface area contributed by atoms with E-state index in [2.05, 4.69) is 5.32 Å². The minimum Gasteiger partial charge on any atom is -0.399 e. The highest BCUT2D eigenvalue weighted by Crippen LogP contribution is 2.31. The second-order valence-electron chi connectivity index (χ2n) is 5.27. The Morgan fingerprint density at radius 1 is 1.40 bits per heavy atom. The molecule has 3 N–H and O–H groups in total. The van der Waals surface area contributed by atoms with Crippen molar-refractivity contribution in [3.63, 3.8) is 0 Å². The molecule has 110 valence electrons.